The molecular weight excluding hydrogens is 333 g/mol. The molecule has 0 saturated carbocycles. The van der Waals surface area contributed by atoms with E-state index in [1.165, 1.54) is 45.3 Å². The minimum Gasteiger partial charge on any atom is -0.355 e. The molecule has 2 saturated heterocycles. The lowest BCUT2D eigenvalue weighted by molar-refractivity contribution is -0.123. The maximum atomic E-state index is 12.0. The number of halogens is 2. The van der Waals surface area contributed by atoms with Gasteiger partial charge in [0.15, 0.2) is 0 Å². The molecule has 0 aliphatic carbocycles. The smallest absolute Gasteiger partial charge is 0.237 e. The predicted molar refractivity (Wildman–Crippen MR) is 102 cm³/mol. The van der Waals surface area contributed by atoms with E-state index < -0.39 is 0 Å². The minimum atomic E-state index is 0. The normalized spacial score (nSPS) is 28.3. The lowest BCUT2D eigenvalue weighted by Crippen LogP contribution is -2.46. The molecule has 0 bridgehead atoms. The molecule has 0 aromatic carbocycles. The molecule has 4 nitrogen and oxygen atoms in total. The summed E-state index contributed by atoms with van der Waals surface area (Å²) in [6, 6.07) is 0.0579. The molecule has 2 aliphatic rings. The maximum absolute atomic E-state index is 12.0. The van der Waals surface area contributed by atoms with E-state index in [0.29, 0.717) is 0 Å². The van der Waals surface area contributed by atoms with E-state index in [0.717, 1.165) is 37.8 Å². The van der Waals surface area contributed by atoms with Gasteiger partial charge in [0.05, 0.1) is 6.04 Å². The van der Waals surface area contributed by atoms with E-state index >= 15 is 0 Å². The third kappa shape index (κ3) is 8.57. The Morgan fingerprint density at radius 1 is 1.13 bits per heavy atom. The van der Waals surface area contributed by atoms with Crippen LogP contribution in [0.2, 0.25) is 0 Å². The lowest BCUT2D eigenvalue weighted by atomic mass is 9.92. The molecule has 0 spiro atoms. The predicted octanol–water partition coefficient (Wildman–Crippen LogP) is 2.85. The van der Waals surface area contributed by atoms with Crippen molar-refractivity contribution in [3.05, 3.63) is 0 Å². The van der Waals surface area contributed by atoms with Gasteiger partial charge in [-0.15, -0.1) is 24.8 Å². The summed E-state index contributed by atoms with van der Waals surface area (Å²) < 4.78 is 0. The van der Waals surface area contributed by atoms with Crippen LogP contribution in [-0.2, 0) is 4.79 Å². The first-order valence-corrected chi connectivity index (χ1v) is 8.88. The van der Waals surface area contributed by atoms with Gasteiger partial charge in [-0.25, -0.2) is 0 Å². The number of hydrogen-bond donors (Lipinski definition) is 2. The number of nitrogens with one attached hydrogen (secondary N) is 2. The Kier molecular flexibility index (Phi) is 12.3. The number of piperidine rings is 2. The van der Waals surface area contributed by atoms with Crippen LogP contribution in [0.4, 0.5) is 0 Å². The average Bonchev–Trinajstić information content (AvgIpc) is 2.46. The topological polar surface area (TPSA) is 44.4 Å². The molecule has 0 aromatic heterocycles. The van der Waals surface area contributed by atoms with Gasteiger partial charge in [-0.1, -0.05) is 20.3 Å². The number of carbonyl (C=O) groups excluding carboxylic acids is 1. The molecule has 23 heavy (non-hydrogen) atoms. The van der Waals surface area contributed by atoms with E-state index in [2.05, 4.69) is 29.4 Å². The second kappa shape index (κ2) is 12.3. The second-order valence-electron chi connectivity index (χ2n) is 7.21. The molecular formula is C17H35Cl2N3O. The minimum absolute atomic E-state index is 0. The average molecular weight is 368 g/mol. The zero-order valence-corrected chi connectivity index (χ0v) is 16.3. The number of carbonyl (C=O) groups is 1. The lowest BCUT2D eigenvalue weighted by Gasteiger charge is -2.35. The van der Waals surface area contributed by atoms with Crippen LogP contribution in [0, 0.1) is 11.8 Å². The molecule has 3 atom stereocenters. The second-order valence-corrected chi connectivity index (χ2v) is 7.21. The van der Waals surface area contributed by atoms with Crippen LogP contribution < -0.4 is 10.6 Å². The van der Waals surface area contributed by atoms with Crippen LogP contribution in [0.5, 0.6) is 0 Å². The van der Waals surface area contributed by atoms with Crippen LogP contribution in [-0.4, -0.2) is 49.6 Å². The summed E-state index contributed by atoms with van der Waals surface area (Å²) in [6.07, 6.45) is 7.04. The summed E-state index contributed by atoms with van der Waals surface area (Å²) in [6.45, 7) is 10.2. The Labute approximate surface area is 154 Å². The van der Waals surface area contributed by atoms with Gasteiger partial charge in [0.1, 0.15) is 0 Å². The van der Waals surface area contributed by atoms with Crippen LogP contribution in [0.15, 0.2) is 0 Å². The molecule has 2 fully saturated rings. The van der Waals surface area contributed by atoms with E-state index in [1.54, 1.807) is 0 Å². The quantitative estimate of drug-likeness (QED) is 0.709. The third-order valence-corrected chi connectivity index (χ3v) is 4.77. The molecule has 6 heteroatoms. The highest BCUT2D eigenvalue weighted by Crippen LogP contribution is 2.20. The van der Waals surface area contributed by atoms with Crippen molar-refractivity contribution in [1.29, 1.82) is 0 Å². The Morgan fingerprint density at radius 2 is 1.83 bits per heavy atom. The summed E-state index contributed by atoms with van der Waals surface area (Å²) >= 11 is 0. The monoisotopic (exact) mass is 367 g/mol. The highest BCUT2D eigenvalue weighted by Gasteiger charge is 2.21. The largest absolute Gasteiger partial charge is 0.355 e. The molecule has 0 radical (unpaired) electrons. The van der Waals surface area contributed by atoms with Crippen LogP contribution >= 0.6 is 24.8 Å². The van der Waals surface area contributed by atoms with Gasteiger partial charge in [-0.2, -0.15) is 0 Å². The van der Waals surface area contributed by atoms with Crippen molar-refractivity contribution in [3.8, 4) is 0 Å². The number of amides is 1. The van der Waals surface area contributed by atoms with Crippen molar-refractivity contribution in [2.24, 2.45) is 11.8 Å². The van der Waals surface area contributed by atoms with Crippen LogP contribution in [0.25, 0.3) is 0 Å². The molecule has 0 aromatic rings. The molecule has 2 aliphatic heterocycles. The molecule has 138 valence electrons. The van der Waals surface area contributed by atoms with Crippen LogP contribution in [0.1, 0.15) is 52.4 Å². The van der Waals surface area contributed by atoms with Crippen molar-refractivity contribution in [1.82, 2.24) is 15.5 Å². The van der Waals surface area contributed by atoms with Crippen molar-refractivity contribution >= 4 is 30.7 Å². The van der Waals surface area contributed by atoms with Gasteiger partial charge < -0.3 is 15.5 Å². The van der Waals surface area contributed by atoms with Crippen LogP contribution in [0.3, 0.4) is 0 Å². The van der Waals surface area contributed by atoms with Gasteiger partial charge in [-0.3, -0.25) is 4.79 Å². The third-order valence-electron chi connectivity index (χ3n) is 4.77. The first-order valence-electron chi connectivity index (χ1n) is 8.88. The van der Waals surface area contributed by atoms with Gasteiger partial charge >= 0.3 is 0 Å². The SMILES string of the molecule is CC1CC(C)CN(CCCCNC(=O)[C@H]2CCCCN2)C1.Cl.Cl. The Hall–Kier alpha value is -0.0300. The highest BCUT2D eigenvalue weighted by atomic mass is 35.5. The zero-order valence-electron chi connectivity index (χ0n) is 14.7. The van der Waals surface area contributed by atoms with E-state index in [1.807, 2.05) is 0 Å². The van der Waals surface area contributed by atoms with Crippen molar-refractivity contribution in [2.75, 3.05) is 32.7 Å². The summed E-state index contributed by atoms with van der Waals surface area (Å²) in [7, 11) is 0. The summed E-state index contributed by atoms with van der Waals surface area (Å²) in [5, 5.41) is 6.39. The molecule has 2 N–H and O–H groups in total. The van der Waals surface area contributed by atoms with E-state index in [-0.39, 0.29) is 36.8 Å². The highest BCUT2D eigenvalue weighted by molar-refractivity contribution is 5.85. The fourth-order valence-corrected chi connectivity index (χ4v) is 3.85. The molecule has 2 heterocycles. The first-order chi connectivity index (χ1) is 10.1. The Balaban J connectivity index is 0.00000242. The number of rotatable bonds is 6. The molecule has 2 unspecified atom stereocenters. The number of unbranched alkanes of at least 4 members (excludes halogenated alkanes) is 1. The molecule has 2 rings (SSSR count). The standard InChI is InChI=1S/C17H33N3O.2ClH/c1-14-11-15(2)13-20(12-14)10-6-5-9-19-17(21)16-7-3-4-8-18-16;;/h14-16,18H,3-13H2,1-2H3,(H,19,21);2*1H/t14?,15?,16-;;/m1../s1. The van der Waals surface area contributed by atoms with Gasteiger partial charge in [-0.05, 0) is 57.0 Å². The number of nitrogens with zero attached hydrogens (tertiary/aromatic N) is 1. The zero-order chi connectivity index (χ0) is 15.1. The summed E-state index contributed by atoms with van der Waals surface area (Å²) in [4.78, 5) is 14.6. The number of hydrogen-bond acceptors (Lipinski definition) is 3. The van der Waals surface area contributed by atoms with Crippen molar-refractivity contribution < 1.29 is 4.79 Å². The van der Waals surface area contributed by atoms with E-state index in [9.17, 15) is 4.79 Å². The summed E-state index contributed by atoms with van der Waals surface area (Å²) in [5.74, 6) is 1.88. The van der Waals surface area contributed by atoms with Gasteiger partial charge in [0.2, 0.25) is 5.91 Å². The fraction of sp³-hybridized carbons (Fsp3) is 0.941. The Bertz CT molecular complexity index is 315. The Morgan fingerprint density at radius 3 is 2.43 bits per heavy atom. The number of likely N-dealkylation sites (tertiary alicyclic amines) is 1. The first kappa shape index (κ1) is 23.0. The van der Waals surface area contributed by atoms with Gasteiger partial charge in [0, 0.05) is 19.6 Å². The van der Waals surface area contributed by atoms with Crippen molar-refractivity contribution in [3.63, 3.8) is 0 Å². The van der Waals surface area contributed by atoms with Gasteiger partial charge in [0.25, 0.3) is 0 Å². The van der Waals surface area contributed by atoms with Crippen molar-refractivity contribution in [2.45, 2.75) is 58.4 Å². The maximum Gasteiger partial charge on any atom is 0.237 e. The van der Waals surface area contributed by atoms with E-state index in [4.69, 9.17) is 0 Å². The summed E-state index contributed by atoms with van der Waals surface area (Å²) in [5.41, 5.74) is 0. The fourth-order valence-electron chi connectivity index (χ4n) is 3.85. The molecule has 1 amide bonds.